The van der Waals surface area contributed by atoms with E-state index in [4.69, 9.17) is 24.5 Å². The highest BCUT2D eigenvalue weighted by atomic mass is 16.5. The maximum absolute atomic E-state index is 12.9. The van der Waals surface area contributed by atoms with Gasteiger partial charge in [-0.1, -0.05) is 48.5 Å². The van der Waals surface area contributed by atoms with Crippen molar-refractivity contribution in [2.24, 2.45) is 0 Å². The van der Waals surface area contributed by atoms with E-state index >= 15 is 0 Å². The van der Waals surface area contributed by atoms with E-state index in [0.717, 1.165) is 72.9 Å². The molecule has 0 spiro atoms. The van der Waals surface area contributed by atoms with Crippen molar-refractivity contribution in [1.82, 2.24) is 24.6 Å². The van der Waals surface area contributed by atoms with Crippen LogP contribution in [0.3, 0.4) is 0 Å². The largest absolute Gasteiger partial charge is 0.381 e. The number of hydrogen-bond donors (Lipinski definition) is 0. The van der Waals surface area contributed by atoms with Crippen LogP contribution in [-0.4, -0.2) is 76.6 Å². The van der Waals surface area contributed by atoms with E-state index in [1.54, 1.807) is 0 Å². The minimum atomic E-state index is 0.0282. The van der Waals surface area contributed by atoms with Crippen LogP contribution < -0.4 is 4.90 Å². The first-order valence-electron chi connectivity index (χ1n) is 13.8. The van der Waals surface area contributed by atoms with E-state index in [9.17, 15) is 4.79 Å². The van der Waals surface area contributed by atoms with E-state index < -0.39 is 0 Å². The Morgan fingerprint density at radius 1 is 0.923 bits per heavy atom. The molecule has 9 heteroatoms. The van der Waals surface area contributed by atoms with Crippen LogP contribution in [0, 0.1) is 0 Å². The van der Waals surface area contributed by atoms with Crippen LogP contribution >= 0.6 is 0 Å². The van der Waals surface area contributed by atoms with Crippen molar-refractivity contribution in [3.63, 3.8) is 0 Å². The summed E-state index contributed by atoms with van der Waals surface area (Å²) >= 11 is 0. The Hall–Kier alpha value is -3.82. The number of carbonyl (C=O) groups is 1. The number of carbonyl (C=O) groups excluding carboxylic acids is 1. The van der Waals surface area contributed by atoms with Gasteiger partial charge in [0, 0.05) is 45.3 Å². The van der Waals surface area contributed by atoms with E-state index in [1.807, 2.05) is 76.4 Å². The molecule has 0 aliphatic carbocycles. The summed E-state index contributed by atoms with van der Waals surface area (Å²) < 4.78 is 13.2. The highest BCUT2D eigenvalue weighted by molar-refractivity contribution is 5.88. The number of nitrogens with zero attached hydrogens (tertiary/aromatic N) is 6. The third kappa shape index (κ3) is 5.79. The molecule has 0 radical (unpaired) electrons. The molecule has 0 saturated carbocycles. The van der Waals surface area contributed by atoms with Crippen LogP contribution in [0.5, 0.6) is 0 Å². The van der Waals surface area contributed by atoms with E-state index in [1.165, 1.54) is 0 Å². The average Bonchev–Trinajstić information content (AvgIpc) is 3.27. The van der Waals surface area contributed by atoms with Gasteiger partial charge in [-0.25, -0.2) is 14.6 Å². The van der Waals surface area contributed by atoms with Gasteiger partial charge in [0.15, 0.2) is 5.65 Å². The summed E-state index contributed by atoms with van der Waals surface area (Å²) in [6.07, 6.45) is 4.55. The molecule has 2 aliphatic heterocycles. The zero-order chi connectivity index (χ0) is 26.4. The van der Waals surface area contributed by atoms with E-state index in [0.29, 0.717) is 26.2 Å². The first-order chi connectivity index (χ1) is 19.3. The topological polar surface area (TPSA) is 85.6 Å². The van der Waals surface area contributed by atoms with Gasteiger partial charge in [-0.3, -0.25) is 4.79 Å². The molecular formula is C30H34N6O3. The van der Waals surface area contributed by atoms with E-state index in [2.05, 4.69) is 4.90 Å². The second-order valence-corrected chi connectivity index (χ2v) is 10.1. The van der Waals surface area contributed by atoms with Crippen molar-refractivity contribution in [3.05, 3.63) is 78.2 Å². The second kappa shape index (κ2) is 11.9. The molecule has 4 heterocycles. The number of rotatable bonds is 7. The van der Waals surface area contributed by atoms with Crippen LogP contribution in [0.2, 0.25) is 0 Å². The van der Waals surface area contributed by atoms with Gasteiger partial charge in [0.1, 0.15) is 18.2 Å². The fraction of sp³-hybridized carbons (Fsp3) is 0.400. The third-order valence-electron chi connectivity index (χ3n) is 7.50. The number of ether oxygens (including phenoxy) is 2. The lowest BCUT2D eigenvalue weighted by atomic mass is 9.99. The van der Waals surface area contributed by atoms with Crippen molar-refractivity contribution in [3.8, 4) is 5.69 Å². The molecule has 9 nitrogen and oxygen atoms in total. The second-order valence-electron chi connectivity index (χ2n) is 10.1. The quantitative estimate of drug-likeness (QED) is 0.360. The van der Waals surface area contributed by atoms with Gasteiger partial charge in [0.2, 0.25) is 5.91 Å². The Bertz CT molecular complexity index is 1390. The fourth-order valence-electron chi connectivity index (χ4n) is 5.35. The minimum Gasteiger partial charge on any atom is -0.381 e. The van der Waals surface area contributed by atoms with Gasteiger partial charge in [0.05, 0.1) is 23.9 Å². The number of amides is 1. The lowest BCUT2D eigenvalue weighted by Crippen LogP contribution is -2.37. The molecule has 0 atom stereocenters. The number of para-hydroxylation sites is 1. The molecule has 2 aliphatic rings. The molecule has 0 unspecified atom stereocenters. The number of benzene rings is 2. The van der Waals surface area contributed by atoms with Crippen LogP contribution in [0.1, 0.15) is 36.6 Å². The summed E-state index contributed by atoms with van der Waals surface area (Å²) in [7, 11) is 0. The zero-order valence-corrected chi connectivity index (χ0v) is 22.1. The normalized spacial score (nSPS) is 16.9. The highest BCUT2D eigenvalue weighted by Gasteiger charge is 2.26. The molecule has 2 saturated heterocycles. The molecule has 39 heavy (non-hydrogen) atoms. The van der Waals surface area contributed by atoms with Crippen LogP contribution in [0.15, 0.2) is 66.9 Å². The first kappa shape index (κ1) is 25.5. The van der Waals surface area contributed by atoms with Gasteiger partial charge >= 0.3 is 0 Å². The molecule has 0 N–H and O–H groups in total. The number of anilines is 1. The lowest BCUT2D eigenvalue weighted by molar-refractivity contribution is -0.136. The Morgan fingerprint density at radius 2 is 1.69 bits per heavy atom. The number of fused-ring (bicyclic) bond motifs is 1. The molecule has 1 amide bonds. The average molecular weight is 527 g/mol. The third-order valence-corrected chi connectivity index (χ3v) is 7.50. The predicted octanol–water partition coefficient (Wildman–Crippen LogP) is 3.97. The standard InChI is InChI=1S/C30H34N6O3/c37-27(22-39-21-23-8-3-1-4-9-23)34-14-7-15-35(17-16-34)29-26-20-31-36(25-10-5-2-6-11-25)30(26)33-28(32-29)24-12-18-38-19-13-24/h1-6,8-11,20,24H,7,12-19,21-22H2. The molecule has 202 valence electrons. The van der Waals surface area contributed by atoms with Gasteiger partial charge in [0.25, 0.3) is 0 Å². The number of aromatic nitrogens is 4. The summed E-state index contributed by atoms with van der Waals surface area (Å²) in [5.74, 6) is 2.04. The Balaban J connectivity index is 1.22. The summed E-state index contributed by atoms with van der Waals surface area (Å²) in [4.78, 5) is 27.3. The SMILES string of the molecule is O=C(COCc1ccccc1)N1CCCN(c2nc(C3CCOCC3)nc3c2cnn3-c2ccccc2)CC1. The minimum absolute atomic E-state index is 0.0282. The van der Waals surface area contributed by atoms with Gasteiger partial charge < -0.3 is 19.3 Å². The summed E-state index contributed by atoms with van der Waals surface area (Å²) in [5, 5.41) is 5.65. The van der Waals surface area contributed by atoms with Crippen molar-refractivity contribution in [1.29, 1.82) is 0 Å². The summed E-state index contributed by atoms with van der Waals surface area (Å²) in [6.45, 7) is 4.81. The van der Waals surface area contributed by atoms with Crippen molar-refractivity contribution in [2.75, 3.05) is 50.9 Å². The molecular weight excluding hydrogens is 492 g/mol. The Kier molecular flexibility index (Phi) is 7.78. The smallest absolute Gasteiger partial charge is 0.248 e. The molecule has 0 bridgehead atoms. The molecule has 6 rings (SSSR count). The fourth-order valence-corrected chi connectivity index (χ4v) is 5.35. The van der Waals surface area contributed by atoms with Crippen molar-refractivity contribution < 1.29 is 14.3 Å². The Morgan fingerprint density at radius 3 is 2.49 bits per heavy atom. The summed E-state index contributed by atoms with van der Waals surface area (Å²) in [6, 6.07) is 20.0. The highest BCUT2D eigenvalue weighted by Crippen LogP contribution is 2.31. The first-order valence-corrected chi connectivity index (χ1v) is 13.8. The van der Waals surface area contributed by atoms with Crippen LogP contribution in [0.25, 0.3) is 16.7 Å². The molecule has 2 aromatic carbocycles. The predicted molar refractivity (Wildman–Crippen MR) is 149 cm³/mol. The molecule has 2 aromatic heterocycles. The monoisotopic (exact) mass is 526 g/mol. The van der Waals surface area contributed by atoms with Crippen molar-refractivity contribution in [2.45, 2.75) is 31.8 Å². The van der Waals surface area contributed by atoms with Crippen molar-refractivity contribution >= 4 is 22.8 Å². The van der Waals surface area contributed by atoms with Crippen LogP contribution in [0.4, 0.5) is 5.82 Å². The van der Waals surface area contributed by atoms with E-state index in [-0.39, 0.29) is 18.4 Å². The van der Waals surface area contributed by atoms with Crippen LogP contribution in [-0.2, 0) is 20.9 Å². The molecule has 4 aromatic rings. The van der Waals surface area contributed by atoms with Gasteiger partial charge in [-0.05, 0) is 37.0 Å². The number of hydrogen-bond acceptors (Lipinski definition) is 7. The zero-order valence-electron chi connectivity index (χ0n) is 22.1. The summed E-state index contributed by atoms with van der Waals surface area (Å²) in [5.41, 5.74) is 2.86. The molecule has 2 fully saturated rings. The van der Waals surface area contributed by atoms with Gasteiger partial charge in [-0.15, -0.1) is 0 Å². The van der Waals surface area contributed by atoms with Gasteiger partial charge in [-0.2, -0.15) is 5.10 Å². The maximum Gasteiger partial charge on any atom is 0.248 e. The lowest BCUT2D eigenvalue weighted by Gasteiger charge is -2.26. The Labute approximate surface area is 228 Å². The maximum atomic E-state index is 12.9.